The lowest BCUT2D eigenvalue weighted by molar-refractivity contribution is -0.111. The second-order valence-electron chi connectivity index (χ2n) is 5.52. The number of nitrogens with one attached hydrogen (secondary N) is 2. The number of nitrogen functional groups attached to an aromatic ring is 2. The summed E-state index contributed by atoms with van der Waals surface area (Å²) in [7, 11) is 0. The van der Waals surface area contributed by atoms with Gasteiger partial charge in [0.15, 0.2) is 0 Å². The van der Waals surface area contributed by atoms with Crippen LogP contribution in [-0.2, 0) is 4.79 Å². The van der Waals surface area contributed by atoms with Crippen LogP contribution < -0.4 is 16.8 Å². The predicted octanol–water partition coefficient (Wildman–Crippen LogP) is 3.67. The standard InChI is InChI=1S/C19H22N4O/c1-2-3-18(22)17-10-7-15(21)12-13(17)4-11-19(24)23-16-8-5-14(20)6-9-16/h4-12,22H,2-3,20-21H2,1H3,(H,23,24). The van der Waals surface area contributed by atoms with E-state index in [-0.39, 0.29) is 5.91 Å². The van der Waals surface area contributed by atoms with E-state index >= 15 is 0 Å². The maximum Gasteiger partial charge on any atom is 0.248 e. The summed E-state index contributed by atoms with van der Waals surface area (Å²) in [6, 6.07) is 12.3. The summed E-state index contributed by atoms with van der Waals surface area (Å²) in [6.07, 6.45) is 4.70. The van der Waals surface area contributed by atoms with Gasteiger partial charge in [0.25, 0.3) is 0 Å². The lowest BCUT2D eigenvalue weighted by Crippen LogP contribution is -2.08. The average molecular weight is 322 g/mol. The quantitative estimate of drug-likeness (QED) is 0.370. The summed E-state index contributed by atoms with van der Waals surface area (Å²) in [6.45, 7) is 2.03. The van der Waals surface area contributed by atoms with Crippen molar-refractivity contribution >= 4 is 34.8 Å². The highest BCUT2D eigenvalue weighted by Crippen LogP contribution is 2.18. The third-order valence-electron chi connectivity index (χ3n) is 3.49. The van der Waals surface area contributed by atoms with Crippen LogP contribution in [0.25, 0.3) is 6.08 Å². The van der Waals surface area contributed by atoms with Crippen LogP contribution in [0.4, 0.5) is 17.1 Å². The van der Waals surface area contributed by atoms with Crippen LogP contribution in [0.3, 0.4) is 0 Å². The molecule has 0 radical (unpaired) electrons. The van der Waals surface area contributed by atoms with E-state index in [0.717, 1.165) is 17.5 Å². The Morgan fingerprint density at radius 2 is 1.79 bits per heavy atom. The molecule has 0 spiro atoms. The van der Waals surface area contributed by atoms with Gasteiger partial charge in [-0.15, -0.1) is 0 Å². The molecule has 0 saturated carbocycles. The van der Waals surface area contributed by atoms with Gasteiger partial charge in [-0.1, -0.05) is 19.4 Å². The highest BCUT2D eigenvalue weighted by Gasteiger charge is 2.06. The van der Waals surface area contributed by atoms with Crippen molar-refractivity contribution in [2.24, 2.45) is 0 Å². The molecule has 0 aliphatic heterocycles. The molecule has 0 aliphatic rings. The summed E-state index contributed by atoms with van der Waals surface area (Å²) in [5.41, 5.74) is 15.5. The predicted molar refractivity (Wildman–Crippen MR) is 101 cm³/mol. The second-order valence-corrected chi connectivity index (χ2v) is 5.52. The smallest absolute Gasteiger partial charge is 0.248 e. The maximum absolute atomic E-state index is 12.0. The summed E-state index contributed by atoms with van der Waals surface area (Å²) in [4.78, 5) is 12.0. The van der Waals surface area contributed by atoms with Gasteiger partial charge in [-0.05, 0) is 54.5 Å². The number of nitrogens with two attached hydrogens (primary N) is 2. The van der Waals surface area contributed by atoms with Gasteiger partial charge in [-0.25, -0.2) is 0 Å². The fraction of sp³-hybridized carbons (Fsp3) is 0.158. The Hall–Kier alpha value is -3.08. The molecule has 5 heteroatoms. The first kappa shape index (κ1) is 17.3. The summed E-state index contributed by atoms with van der Waals surface area (Å²) in [5, 5.41) is 10.9. The van der Waals surface area contributed by atoms with Gasteiger partial charge in [-0.3, -0.25) is 4.79 Å². The minimum absolute atomic E-state index is 0.254. The van der Waals surface area contributed by atoms with E-state index in [1.54, 1.807) is 42.5 Å². The average Bonchev–Trinajstić information content (AvgIpc) is 2.55. The van der Waals surface area contributed by atoms with Crippen LogP contribution >= 0.6 is 0 Å². The summed E-state index contributed by atoms with van der Waals surface area (Å²) >= 11 is 0. The molecule has 2 aromatic carbocycles. The molecule has 0 bridgehead atoms. The number of rotatable bonds is 6. The fourth-order valence-corrected chi connectivity index (χ4v) is 2.29. The van der Waals surface area contributed by atoms with Crippen LogP contribution in [0, 0.1) is 5.41 Å². The van der Waals surface area contributed by atoms with Crippen molar-refractivity contribution in [2.45, 2.75) is 19.8 Å². The van der Waals surface area contributed by atoms with Crippen molar-refractivity contribution in [3.63, 3.8) is 0 Å². The third-order valence-corrected chi connectivity index (χ3v) is 3.49. The van der Waals surface area contributed by atoms with Crippen molar-refractivity contribution in [2.75, 3.05) is 16.8 Å². The number of anilines is 3. The molecule has 1 amide bonds. The highest BCUT2D eigenvalue weighted by molar-refractivity contribution is 6.05. The van der Waals surface area contributed by atoms with Crippen LogP contribution in [0.5, 0.6) is 0 Å². The van der Waals surface area contributed by atoms with Crippen LogP contribution in [0.15, 0.2) is 48.5 Å². The van der Waals surface area contributed by atoms with Crippen molar-refractivity contribution in [3.05, 3.63) is 59.7 Å². The Bertz CT molecular complexity index is 763. The number of amides is 1. The Balaban J connectivity index is 2.15. The molecular formula is C19H22N4O. The van der Waals surface area contributed by atoms with E-state index in [9.17, 15) is 4.79 Å². The van der Waals surface area contributed by atoms with Crippen molar-refractivity contribution in [1.82, 2.24) is 0 Å². The molecule has 6 N–H and O–H groups in total. The highest BCUT2D eigenvalue weighted by atomic mass is 16.1. The lowest BCUT2D eigenvalue weighted by atomic mass is 9.99. The zero-order chi connectivity index (χ0) is 17.5. The molecule has 2 rings (SSSR count). The molecule has 0 saturated heterocycles. The van der Waals surface area contributed by atoms with E-state index < -0.39 is 0 Å². The van der Waals surface area contributed by atoms with Gasteiger partial charge >= 0.3 is 0 Å². The van der Waals surface area contributed by atoms with Gasteiger partial charge in [0.1, 0.15) is 0 Å². The van der Waals surface area contributed by atoms with Gasteiger partial charge in [0, 0.05) is 34.4 Å². The number of carbonyl (C=O) groups excluding carboxylic acids is 1. The SMILES string of the molecule is CCCC(=N)c1ccc(N)cc1C=CC(=O)Nc1ccc(N)cc1. The van der Waals surface area contributed by atoms with Crippen LogP contribution in [0.1, 0.15) is 30.9 Å². The Kier molecular flexibility index (Phi) is 5.73. The van der Waals surface area contributed by atoms with Gasteiger partial charge in [0.2, 0.25) is 5.91 Å². The molecule has 0 atom stereocenters. The van der Waals surface area contributed by atoms with E-state index in [4.69, 9.17) is 16.9 Å². The summed E-state index contributed by atoms with van der Waals surface area (Å²) in [5.74, 6) is -0.254. The molecule has 0 fully saturated rings. The largest absolute Gasteiger partial charge is 0.399 e. The van der Waals surface area contributed by atoms with E-state index in [1.165, 1.54) is 6.08 Å². The molecule has 0 aromatic heterocycles. The van der Waals surface area contributed by atoms with Crippen molar-refractivity contribution < 1.29 is 4.79 Å². The number of benzene rings is 2. The van der Waals surface area contributed by atoms with Crippen LogP contribution in [-0.4, -0.2) is 11.6 Å². The topological polar surface area (TPSA) is 105 Å². The van der Waals surface area contributed by atoms with E-state index in [1.807, 2.05) is 13.0 Å². The van der Waals surface area contributed by atoms with Crippen LogP contribution in [0.2, 0.25) is 0 Å². The summed E-state index contributed by atoms with van der Waals surface area (Å²) < 4.78 is 0. The Morgan fingerprint density at radius 1 is 1.12 bits per heavy atom. The first-order valence-electron chi connectivity index (χ1n) is 7.81. The monoisotopic (exact) mass is 322 g/mol. The zero-order valence-corrected chi connectivity index (χ0v) is 13.7. The first-order valence-corrected chi connectivity index (χ1v) is 7.81. The number of hydrogen-bond donors (Lipinski definition) is 4. The zero-order valence-electron chi connectivity index (χ0n) is 13.7. The molecule has 5 nitrogen and oxygen atoms in total. The number of hydrogen-bond acceptors (Lipinski definition) is 4. The lowest BCUT2D eigenvalue weighted by Gasteiger charge is -2.08. The minimum atomic E-state index is -0.254. The minimum Gasteiger partial charge on any atom is -0.399 e. The van der Waals surface area contributed by atoms with Crippen molar-refractivity contribution in [1.29, 1.82) is 5.41 Å². The van der Waals surface area contributed by atoms with Gasteiger partial charge in [-0.2, -0.15) is 0 Å². The fourth-order valence-electron chi connectivity index (χ4n) is 2.29. The molecule has 0 heterocycles. The maximum atomic E-state index is 12.0. The molecule has 24 heavy (non-hydrogen) atoms. The third kappa shape index (κ3) is 4.71. The van der Waals surface area contributed by atoms with Crippen molar-refractivity contribution in [3.8, 4) is 0 Å². The molecule has 124 valence electrons. The Morgan fingerprint density at radius 3 is 2.46 bits per heavy atom. The Labute approximate surface area is 141 Å². The molecule has 0 unspecified atom stereocenters. The first-order chi connectivity index (χ1) is 11.5. The molecule has 2 aromatic rings. The van der Waals surface area contributed by atoms with Gasteiger partial charge < -0.3 is 22.2 Å². The van der Waals surface area contributed by atoms with Gasteiger partial charge in [0.05, 0.1) is 0 Å². The van der Waals surface area contributed by atoms with E-state index in [2.05, 4.69) is 5.32 Å². The number of carbonyl (C=O) groups is 1. The molecular weight excluding hydrogens is 300 g/mol. The van der Waals surface area contributed by atoms with E-state index in [0.29, 0.717) is 29.2 Å². The second kappa shape index (κ2) is 7.97. The normalized spacial score (nSPS) is 10.7. The molecule has 0 aliphatic carbocycles.